The van der Waals surface area contributed by atoms with Gasteiger partial charge in [0.15, 0.2) is 0 Å². The van der Waals surface area contributed by atoms with Crippen molar-refractivity contribution in [3.8, 4) is 0 Å². The van der Waals surface area contributed by atoms with Crippen LogP contribution in [0.3, 0.4) is 0 Å². The summed E-state index contributed by atoms with van der Waals surface area (Å²) < 4.78 is 0. The number of likely N-dealkylation sites (N-methyl/N-ethyl adjacent to an activating group) is 1. The van der Waals surface area contributed by atoms with E-state index in [2.05, 4.69) is 40.0 Å². The summed E-state index contributed by atoms with van der Waals surface area (Å²) in [6, 6.07) is 11.6. The van der Waals surface area contributed by atoms with Gasteiger partial charge in [-0.05, 0) is 30.7 Å². The number of aliphatic hydroxyl groups excluding tert-OH is 1. The Bertz CT molecular complexity index is 887. The molecule has 1 aromatic carbocycles. The van der Waals surface area contributed by atoms with Crippen molar-refractivity contribution in [3.05, 3.63) is 71.1 Å². The molecule has 0 saturated carbocycles. The smallest absolute Gasteiger partial charge is 0.238 e. The first-order chi connectivity index (χ1) is 11.9. The summed E-state index contributed by atoms with van der Waals surface area (Å²) in [6.45, 7) is 6.24. The number of pyridine rings is 1. The van der Waals surface area contributed by atoms with Crippen molar-refractivity contribution in [1.29, 1.82) is 0 Å². The number of rotatable bonds is 3. The molecule has 0 saturated heterocycles. The van der Waals surface area contributed by atoms with Gasteiger partial charge in [-0.1, -0.05) is 38.1 Å². The summed E-state index contributed by atoms with van der Waals surface area (Å²) in [7, 11) is 1.99. The third-order valence-corrected chi connectivity index (χ3v) is 4.62. The number of fused-ring (bicyclic) bond motifs is 1. The van der Waals surface area contributed by atoms with E-state index in [1.165, 1.54) is 5.56 Å². The second kappa shape index (κ2) is 7.84. The largest absolute Gasteiger partial charge is 0.492 e. The Kier molecular flexibility index (Phi) is 6.00. The van der Waals surface area contributed by atoms with E-state index in [9.17, 15) is 5.11 Å². The first kappa shape index (κ1) is 19.9. The van der Waals surface area contributed by atoms with Crippen molar-refractivity contribution < 1.29 is 21.9 Å². The van der Waals surface area contributed by atoms with Gasteiger partial charge in [-0.25, -0.2) is 4.98 Å². The van der Waals surface area contributed by atoms with Crippen LogP contribution in [0.2, 0.25) is 0 Å². The number of aromatic nitrogens is 1. The van der Waals surface area contributed by atoms with E-state index in [0.29, 0.717) is 5.56 Å². The van der Waals surface area contributed by atoms with E-state index in [0.717, 1.165) is 17.1 Å². The third-order valence-electron chi connectivity index (χ3n) is 4.62. The Morgan fingerprint density at radius 2 is 1.92 bits per heavy atom. The molecular formula is C20H22CoN4O. The fraction of sp³-hybridized carbons (Fsp3) is 0.250. The number of nitrogens with zero attached hydrogens (tertiary/aromatic N) is 4. The van der Waals surface area contributed by atoms with Crippen molar-refractivity contribution in [2.75, 3.05) is 11.9 Å². The molecule has 1 aliphatic rings. The monoisotopic (exact) mass is 393 g/mol. The molecule has 0 atom stereocenters. The zero-order chi connectivity index (χ0) is 18.0. The molecule has 0 unspecified atom stereocenters. The summed E-state index contributed by atoms with van der Waals surface area (Å²) in [5.74, 6) is 0.871. The maximum atomic E-state index is 10.1. The average molecular weight is 393 g/mol. The van der Waals surface area contributed by atoms with Crippen LogP contribution in [0.5, 0.6) is 0 Å². The predicted molar refractivity (Wildman–Crippen MR) is 103 cm³/mol. The maximum absolute atomic E-state index is 10.1. The number of benzene rings is 1. The number of allylic oxidation sites excluding steroid dienone is 2. The molecule has 2 heterocycles. The Hall–Kier alpha value is -2.44. The van der Waals surface area contributed by atoms with Crippen LogP contribution in [-0.4, -0.2) is 29.3 Å². The normalized spacial score (nSPS) is 17.5. The predicted octanol–water partition coefficient (Wildman–Crippen LogP) is 3.99. The van der Waals surface area contributed by atoms with E-state index in [1.54, 1.807) is 12.4 Å². The molecule has 5 nitrogen and oxygen atoms in total. The van der Waals surface area contributed by atoms with Gasteiger partial charge in [-0.3, -0.25) is 0 Å². The zero-order valence-corrected chi connectivity index (χ0v) is 16.3. The van der Waals surface area contributed by atoms with Crippen LogP contribution in [0.25, 0.3) is 0 Å². The Morgan fingerprint density at radius 1 is 1.19 bits per heavy atom. The van der Waals surface area contributed by atoms with Crippen molar-refractivity contribution >= 4 is 17.9 Å². The molecule has 1 radical (unpaired) electrons. The minimum Gasteiger partial charge on any atom is -0.492 e. The van der Waals surface area contributed by atoms with Crippen LogP contribution in [-0.2, 0) is 22.2 Å². The van der Waals surface area contributed by atoms with Gasteiger partial charge in [-0.2, -0.15) is 5.10 Å². The molecular weight excluding hydrogens is 371 g/mol. The summed E-state index contributed by atoms with van der Waals surface area (Å²) in [5, 5.41) is 18.0. The average Bonchev–Trinajstić information content (AvgIpc) is 2.79. The summed E-state index contributed by atoms with van der Waals surface area (Å²) in [5.41, 5.74) is 3.74. The fourth-order valence-electron chi connectivity index (χ4n) is 3.21. The molecule has 0 amide bonds. The van der Waals surface area contributed by atoms with Crippen LogP contribution >= 0.6 is 0 Å². The zero-order valence-electron chi connectivity index (χ0n) is 15.3. The molecule has 6 heteroatoms. The third kappa shape index (κ3) is 3.56. The molecule has 1 aliphatic heterocycles. The van der Waals surface area contributed by atoms with Gasteiger partial charge in [0.2, 0.25) is 5.90 Å². The summed E-state index contributed by atoms with van der Waals surface area (Å²) >= 11 is 0. The summed E-state index contributed by atoms with van der Waals surface area (Å²) in [6.07, 6.45) is 5.32. The molecule has 2 aromatic rings. The Balaban J connectivity index is 0.00000243. The number of hydrogen-bond donors (Lipinski definition) is 1. The van der Waals surface area contributed by atoms with Crippen LogP contribution in [0.4, 0.5) is 5.82 Å². The first-order valence-corrected chi connectivity index (χ1v) is 8.19. The SMILES string of the molecule is Cc1ccccc1/C(O)=N/N=C/C=C1\N(C)c2ncccc2C1(C)C.[Co]. The molecule has 3 rings (SSSR count). The second-order valence-corrected chi connectivity index (χ2v) is 6.61. The van der Waals surface area contributed by atoms with E-state index >= 15 is 0 Å². The Labute approximate surface area is 164 Å². The van der Waals surface area contributed by atoms with Gasteiger partial charge in [0.05, 0.1) is 6.21 Å². The van der Waals surface area contributed by atoms with Gasteiger partial charge in [-0.15, -0.1) is 5.10 Å². The Morgan fingerprint density at radius 3 is 2.62 bits per heavy atom. The molecule has 0 spiro atoms. The van der Waals surface area contributed by atoms with Gasteiger partial charge in [0.1, 0.15) is 5.82 Å². The number of hydrogen-bond acceptors (Lipinski definition) is 4. The van der Waals surface area contributed by atoms with Crippen LogP contribution in [0, 0.1) is 6.92 Å². The van der Waals surface area contributed by atoms with Crippen LogP contribution in [0.15, 0.2) is 64.6 Å². The molecule has 1 N–H and O–H groups in total. The minimum absolute atomic E-state index is 0. The quantitative estimate of drug-likeness (QED) is 0.487. The molecule has 0 aliphatic carbocycles. The number of aliphatic hydroxyl groups is 1. The van der Waals surface area contributed by atoms with Gasteiger partial charge < -0.3 is 10.0 Å². The number of anilines is 1. The van der Waals surface area contributed by atoms with Crippen molar-refractivity contribution in [2.24, 2.45) is 10.2 Å². The van der Waals surface area contributed by atoms with Crippen molar-refractivity contribution in [2.45, 2.75) is 26.2 Å². The van der Waals surface area contributed by atoms with Crippen molar-refractivity contribution in [1.82, 2.24) is 4.98 Å². The minimum atomic E-state index is -0.161. The van der Waals surface area contributed by atoms with Crippen LogP contribution in [0.1, 0.15) is 30.5 Å². The van der Waals surface area contributed by atoms with E-state index < -0.39 is 0 Å². The van der Waals surface area contributed by atoms with Crippen LogP contribution < -0.4 is 4.90 Å². The summed E-state index contributed by atoms with van der Waals surface area (Å²) in [4.78, 5) is 6.53. The molecule has 137 valence electrons. The van der Waals surface area contributed by atoms with E-state index in [-0.39, 0.29) is 28.1 Å². The van der Waals surface area contributed by atoms with Gasteiger partial charge >= 0.3 is 0 Å². The maximum Gasteiger partial charge on any atom is 0.238 e. The molecule has 0 bridgehead atoms. The van der Waals surface area contributed by atoms with E-state index in [1.807, 2.05) is 50.4 Å². The second-order valence-electron chi connectivity index (χ2n) is 6.61. The fourth-order valence-corrected chi connectivity index (χ4v) is 3.21. The molecule has 1 aromatic heterocycles. The van der Waals surface area contributed by atoms with Gasteiger partial charge in [0.25, 0.3) is 0 Å². The first-order valence-electron chi connectivity index (χ1n) is 8.19. The number of aryl methyl sites for hydroxylation is 1. The molecule has 26 heavy (non-hydrogen) atoms. The molecule has 0 fully saturated rings. The van der Waals surface area contributed by atoms with Gasteiger partial charge in [0, 0.05) is 52.3 Å². The standard InChI is InChI=1S/C20H22N4O.Co/c1-14-8-5-6-9-15(14)19(25)23-22-13-11-17-20(2,3)16-10-7-12-21-18(16)24(17)4;/h5-13H,1-4H3,(H,23,25);/b17-11-,22-13+;. The van der Waals surface area contributed by atoms with Crippen molar-refractivity contribution in [3.63, 3.8) is 0 Å². The van der Waals surface area contributed by atoms with E-state index in [4.69, 9.17) is 0 Å². The topological polar surface area (TPSA) is 61.1 Å².